The number of hydrazine groups is 1. The van der Waals surface area contributed by atoms with Crippen molar-refractivity contribution in [3.63, 3.8) is 0 Å². The van der Waals surface area contributed by atoms with Gasteiger partial charge in [0.25, 0.3) is 11.8 Å². The first-order valence-corrected chi connectivity index (χ1v) is 6.64. The summed E-state index contributed by atoms with van der Waals surface area (Å²) in [6.07, 6.45) is 0. The van der Waals surface area contributed by atoms with E-state index >= 15 is 0 Å². The molecule has 7 heteroatoms. The molecule has 2 amide bonds. The third kappa shape index (κ3) is 3.76. The second-order valence-electron chi connectivity index (χ2n) is 4.46. The van der Waals surface area contributed by atoms with Crippen molar-refractivity contribution in [2.75, 3.05) is 14.2 Å². The Labute approximate surface area is 132 Å². The topological polar surface area (TPSA) is 76.7 Å². The average molecular weight is 318 g/mol. The summed E-state index contributed by atoms with van der Waals surface area (Å²) < 4.78 is 23.6. The quantitative estimate of drug-likeness (QED) is 0.845. The molecule has 0 aliphatic rings. The number of methoxy groups -OCH3 is 2. The minimum absolute atomic E-state index is 0.167. The summed E-state index contributed by atoms with van der Waals surface area (Å²) >= 11 is 0. The zero-order chi connectivity index (χ0) is 16.8. The predicted octanol–water partition coefficient (Wildman–Crippen LogP) is 1.92. The third-order valence-electron chi connectivity index (χ3n) is 3.05. The maximum absolute atomic E-state index is 13.5. The number of nitrogens with one attached hydrogen (secondary N) is 2. The van der Waals surface area contributed by atoms with Gasteiger partial charge in [0, 0.05) is 5.56 Å². The van der Waals surface area contributed by atoms with Crippen LogP contribution in [0.3, 0.4) is 0 Å². The van der Waals surface area contributed by atoms with Crippen LogP contribution in [0.15, 0.2) is 42.5 Å². The molecule has 0 unspecified atom stereocenters. The lowest BCUT2D eigenvalue weighted by Gasteiger charge is -2.11. The Morgan fingerprint density at radius 3 is 2.22 bits per heavy atom. The molecule has 0 radical (unpaired) electrons. The number of rotatable bonds is 4. The van der Waals surface area contributed by atoms with Gasteiger partial charge in [-0.25, -0.2) is 4.39 Å². The standard InChI is InChI=1S/C16H15FN2O4/c1-22-13-8-7-10(9-14(13)23-2)15(20)18-19-16(21)11-5-3-4-6-12(11)17/h3-9H,1-2H3,(H,18,20)(H,19,21). The fourth-order valence-electron chi connectivity index (χ4n) is 1.88. The predicted molar refractivity (Wildman–Crippen MR) is 80.9 cm³/mol. The van der Waals surface area contributed by atoms with E-state index < -0.39 is 17.6 Å². The van der Waals surface area contributed by atoms with E-state index in [1.807, 2.05) is 0 Å². The maximum atomic E-state index is 13.5. The van der Waals surface area contributed by atoms with Gasteiger partial charge in [-0.15, -0.1) is 0 Å². The van der Waals surface area contributed by atoms with Crippen LogP contribution in [0.1, 0.15) is 20.7 Å². The number of hydrogen-bond acceptors (Lipinski definition) is 4. The van der Waals surface area contributed by atoms with Gasteiger partial charge in [-0.1, -0.05) is 12.1 Å². The molecule has 0 aliphatic heterocycles. The van der Waals surface area contributed by atoms with Crippen molar-refractivity contribution in [2.45, 2.75) is 0 Å². The van der Waals surface area contributed by atoms with Crippen LogP contribution in [-0.2, 0) is 0 Å². The van der Waals surface area contributed by atoms with Crippen LogP contribution < -0.4 is 20.3 Å². The first-order chi connectivity index (χ1) is 11.1. The van der Waals surface area contributed by atoms with Gasteiger partial charge in [-0.3, -0.25) is 20.4 Å². The number of carbonyl (C=O) groups excluding carboxylic acids is 2. The summed E-state index contributed by atoms with van der Waals surface area (Å²) in [7, 11) is 2.92. The SMILES string of the molecule is COc1ccc(C(=O)NNC(=O)c2ccccc2F)cc1OC. The van der Waals surface area contributed by atoms with Crippen LogP contribution in [-0.4, -0.2) is 26.0 Å². The van der Waals surface area contributed by atoms with Crippen molar-refractivity contribution in [2.24, 2.45) is 0 Å². The zero-order valence-electron chi connectivity index (χ0n) is 12.6. The molecule has 0 heterocycles. The van der Waals surface area contributed by atoms with E-state index in [9.17, 15) is 14.0 Å². The van der Waals surface area contributed by atoms with Gasteiger partial charge in [-0.05, 0) is 30.3 Å². The van der Waals surface area contributed by atoms with E-state index in [-0.39, 0.29) is 11.1 Å². The number of ether oxygens (including phenoxy) is 2. The van der Waals surface area contributed by atoms with Gasteiger partial charge in [0.1, 0.15) is 5.82 Å². The van der Waals surface area contributed by atoms with E-state index in [0.29, 0.717) is 11.5 Å². The number of hydrogen-bond donors (Lipinski definition) is 2. The monoisotopic (exact) mass is 318 g/mol. The largest absolute Gasteiger partial charge is 0.493 e. The lowest BCUT2D eigenvalue weighted by molar-refractivity contribution is 0.0844. The Bertz CT molecular complexity index is 734. The van der Waals surface area contributed by atoms with E-state index in [1.54, 1.807) is 6.07 Å². The van der Waals surface area contributed by atoms with Gasteiger partial charge in [0.05, 0.1) is 19.8 Å². The minimum atomic E-state index is -0.753. The normalized spacial score (nSPS) is 9.87. The van der Waals surface area contributed by atoms with Crippen LogP contribution in [0.5, 0.6) is 11.5 Å². The first kappa shape index (κ1) is 16.3. The fourth-order valence-corrected chi connectivity index (χ4v) is 1.88. The summed E-state index contributed by atoms with van der Waals surface area (Å²) in [4.78, 5) is 23.8. The molecule has 0 fully saturated rings. The van der Waals surface area contributed by atoms with Crippen molar-refractivity contribution in [3.05, 3.63) is 59.4 Å². The molecule has 0 aromatic heterocycles. The highest BCUT2D eigenvalue weighted by Crippen LogP contribution is 2.27. The average Bonchev–Trinajstić information content (AvgIpc) is 2.59. The first-order valence-electron chi connectivity index (χ1n) is 6.64. The third-order valence-corrected chi connectivity index (χ3v) is 3.05. The van der Waals surface area contributed by atoms with E-state index in [4.69, 9.17) is 9.47 Å². The molecule has 2 aromatic rings. The lowest BCUT2D eigenvalue weighted by Crippen LogP contribution is -2.41. The van der Waals surface area contributed by atoms with Crippen LogP contribution >= 0.6 is 0 Å². The van der Waals surface area contributed by atoms with Gasteiger partial charge in [0.15, 0.2) is 11.5 Å². The summed E-state index contributed by atoms with van der Waals surface area (Å²) in [6, 6.07) is 9.99. The molecule has 0 aliphatic carbocycles. The van der Waals surface area contributed by atoms with Gasteiger partial charge >= 0.3 is 0 Å². The fraction of sp³-hybridized carbons (Fsp3) is 0.125. The number of amides is 2. The smallest absolute Gasteiger partial charge is 0.272 e. The van der Waals surface area contributed by atoms with Crippen LogP contribution in [0, 0.1) is 5.82 Å². The van der Waals surface area contributed by atoms with Crippen molar-refractivity contribution in [1.29, 1.82) is 0 Å². The Balaban J connectivity index is 2.05. The molecule has 0 saturated carbocycles. The summed E-state index contributed by atoms with van der Waals surface area (Å²) in [6.45, 7) is 0. The second-order valence-corrected chi connectivity index (χ2v) is 4.46. The molecule has 0 bridgehead atoms. The van der Waals surface area contributed by atoms with Gasteiger partial charge < -0.3 is 9.47 Å². The van der Waals surface area contributed by atoms with E-state index in [2.05, 4.69) is 10.9 Å². The molecular weight excluding hydrogens is 303 g/mol. The molecule has 23 heavy (non-hydrogen) atoms. The molecule has 0 atom stereocenters. The second kappa shape index (κ2) is 7.26. The highest BCUT2D eigenvalue weighted by molar-refractivity contribution is 5.99. The molecule has 0 spiro atoms. The van der Waals surface area contributed by atoms with Crippen molar-refractivity contribution >= 4 is 11.8 Å². The van der Waals surface area contributed by atoms with Crippen LogP contribution in [0.4, 0.5) is 4.39 Å². The summed E-state index contributed by atoms with van der Waals surface area (Å²) in [5.41, 5.74) is 4.45. The van der Waals surface area contributed by atoms with Crippen molar-refractivity contribution in [3.8, 4) is 11.5 Å². The number of halogens is 1. The molecule has 2 rings (SSSR count). The Morgan fingerprint density at radius 1 is 0.913 bits per heavy atom. The molecule has 0 saturated heterocycles. The molecule has 2 N–H and O–H groups in total. The Hall–Kier alpha value is -3.09. The summed E-state index contributed by atoms with van der Waals surface area (Å²) in [5, 5.41) is 0. The number of carbonyl (C=O) groups is 2. The molecular formula is C16H15FN2O4. The van der Waals surface area contributed by atoms with E-state index in [0.717, 1.165) is 6.07 Å². The Morgan fingerprint density at radius 2 is 1.57 bits per heavy atom. The van der Waals surface area contributed by atoms with Crippen molar-refractivity contribution < 1.29 is 23.5 Å². The van der Waals surface area contributed by atoms with Crippen LogP contribution in [0.25, 0.3) is 0 Å². The van der Waals surface area contributed by atoms with Crippen molar-refractivity contribution in [1.82, 2.24) is 10.9 Å². The highest BCUT2D eigenvalue weighted by atomic mass is 19.1. The molecule has 120 valence electrons. The zero-order valence-corrected chi connectivity index (χ0v) is 12.6. The molecule has 6 nitrogen and oxygen atoms in total. The summed E-state index contributed by atoms with van der Waals surface area (Å²) in [5.74, 6) is -1.15. The lowest BCUT2D eigenvalue weighted by atomic mass is 10.2. The van der Waals surface area contributed by atoms with Gasteiger partial charge in [-0.2, -0.15) is 0 Å². The molecule has 2 aromatic carbocycles. The van der Waals surface area contributed by atoms with Crippen LogP contribution in [0.2, 0.25) is 0 Å². The van der Waals surface area contributed by atoms with Gasteiger partial charge in [0.2, 0.25) is 0 Å². The van der Waals surface area contributed by atoms with E-state index in [1.165, 1.54) is 44.6 Å². The minimum Gasteiger partial charge on any atom is -0.493 e. The highest BCUT2D eigenvalue weighted by Gasteiger charge is 2.14. The maximum Gasteiger partial charge on any atom is 0.272 e. The number of benzene rings is 2. The Kier molecular flexibility index (Phi) is 5.14.